The maximum absolute atomic E-state index is 14.8. The second kappa shape index (κ2) is 9.45. The molecule has 0 bridgehead atoms. The van der Waals surface area contributed by atoms with Gasteiger partial charge in [0.25, 0.3) is 0 Å². The Morgan fingerprint density at radius 1 is 1.41 bits per heavy atom. The first-order chi connectivity index (χ1) is 14.0. The lowest BCUT2D eigenvalue weighted by Gasteiger charge is -2.30. The van der Waals surface area contributed by atoms with Crippen LogP contribution in [0.15, 0.2) is 35.7 Å². The summed E-state index contributed by atoms with van der Waals surface area (Å²) in [5.74, 6) is -0.579. The summed E-state index contributed by atoms with van der Waals surface area (Å²) in [6, 6.07) is 4.76. The lowest BCUT2D eigenvalue weighted by atomic mass is 10.0. The maximum atomic E-state index is 14.8. The van der Waals surface area contributed by atoms with Gasteiger partial charge in [-0.25, -0.2) is 9.18 Å². The topological polar surface area (TPSA) is 83.1 Å². The van der Waals surface area contributed by atoms with E-state index in [0.29, 0.717) is 24.5 Å². The number of carbonyl (C=O) groups is 2. The monoisotopic (exact) mass is 404 g/mol. The van der Waals surface area contributed by atoms with Crippen molar-refractivity contribution in [1.82, 2.24) is 10.8 Å². The number of nitrogens with one attached hydrogen (secondary N) is 2. The molecule has 29 heavy (non-hydrogen) atoms. The third-order valence-electron chi connectivity index (χ3n) is 4.86. The van der Waals surface area contributed by atoms with Crippen molar-refractivity contribution in [3.63, 3.8) is 0 Å². The number of ether oxygens (including phenoxy) is 1. The van der Waals surface area contributed by atoms with E-state index in [0.717, 1.165) is 18.4 Å². The first-order valence-corrected chi connectivity index (χ1v) is 9.46. The Morgan fingerprint density at radius 3 is 2.83 bits per heavy atom. The molecule has 0 saturated carbocycles. The smallest absolute Gasteiger partial charge is 0.414 e. The molecule has 0 spiro atoms. The second-order valence-electron chi connectivity index (χ2n) is 6.89. The van der Waals surface area contributed by atoms with Crippen LogP contribution in [0.2, 0.25) is 0 Å². The zero-order chi connectivity index (χ0) is 20.8. The van der Waals surface area contributed by atoms with Crippen LogP contribution in [0.4, 0.5) is 20.6 Å². The summed E-state index contributed by atoms with van der Waals surface area (Å²) in [7, 11) is 1.53. The van der Waals surface area contributed by atoms with Crippen LogP contribution in [0, 0.1) is 5.82 Å². The van der Waals surface area contributed by atoms with E-state index in [-0.39, 0.29) is 24.8 Å². The summed E-state index contributed by atoms with van der Waals surface area (Å²) in [6.45, 7) is 3.26. The summed E-state index contributed by atoms with van der Waals surface area (Å²) < 4.78 is 20.0. The average molecular weight is 404 g/mol. The zero-order valence-electron chi connectivity index (χ0n) is 16.5. The number of cyclic esters (lactones) is 1. The van der Waals surface area contributed by atoms with E-state index in [1.165, 1.54) is 25.0 Å². The first kappa shape index (κ1) is 20.7. The van der Waals surface area contributed by atoms with Gasteiger partial charge in [-0.05, 0) is 36.6 Å². The van der Waals surface area contributed by atoms with Crippen LogP contribution in [0.1, 0.15) is 19.8 Å². The van der Waals surface area contributed by atoms with Crippen molar-refractivity contribution in [1.29, 1.82) is 0 Å². The van der Waals surface area contributed by atoms with E-state index in [2.05, 4.69) is 16.5 Å². The number of hydroxylamine groups is 1. The summed E-state index contributed by atoms with van der Waals surface area (Å²) in [4.78, 5) is 31.2. The van der Waals surface area contributed by atoms with Crippen molar-refractivity contribution < 1.29 is 23.6 Å². The van der Waals surface area contributed by atoms with Crippen molar-refractivity contribution in [3.8, 4) is 0 Å². The number of halogens is 1. The number of anilines is 2. The van der Waals surface area contributed by atoms with Gasteiger partial charge in [-0.15, -0.1) is 5.73 Å². The Morgan fingerprint density at radius 2 is 2.17 bits per heavy atom. The molecule has 2 amide bonds. The fourth-order valence-electron chi connectivity index (χ4n) is 3.37. The molecule has 2 heterocycles. The molecule has 3 rings (SSSR count). The highest BCUT2D eigenvalue weighted by molar-refractivity contribution is 5.90. The standard InChI is InChI=1S/C20H25FN4O4/c1-14(26)22-12-17-13-25(20(27)29-17)16-3-4-19(18(21)11-16)24-9-6-15(7-10-24)5-8-23-28-2/h3-4,8,11,17,23H,6-7,9-10,12-13H2,1-2H3,(H,22,26)/t17-/m0/s1. The summed E-state index contributed by atoms with van der Waals surface area (Å²) in [5, 5.41) is 2.62. The number of amides is 2. The van der Waals surface area contributed by atoms with Crippen molar-refractivity contribution in [3.05, 3.63) is 41.5 Å². The number of hydrogen-bond acceptors (Lipinski definition) is 6. The summed E-state index contributed by atoms with van der Waals surface area (Å²) >= 11 is 0. The number of hydrogen-bond donors (Lipinski definition) is 2. The molecular formula is C20H25FN4O4. The van der Waals surface area contributed by atoms with Gasteiger partial charge in [-0.1, -0.05) is 0 Å². The number of benzene rings is 1. The Balaban J connectivity index is 1.63. The number of carbonyl (C=O) groups excluding carboxylic acids is 2. The Hall–Kier alpha value is -3.03. The lowest BCUT2D eigenvalue weighted by Crippen LogP contribution is -2.33. The molecular weight excluding hydrogens is 379 g/mol. The highest BCUT2D eigenvalue weighted by Gasteiger charge is 2.33. The summed E-state index contributed by atoms with van der Waals surface area (Å²) in [5.41, 5.74) is 7.83. The molecule has 2 N–H and O–H groups in total. The molecule has 1 aromatic rings. The minimum absolute atomic E-state index is 0.195. The predicted octanol–water partition coefficient (Wildman–Crippen LogP) is 2.08. The van der Waals surface area contributed by atoms with Crippen LogP contribution >= 0.6 is 0 Å². The molecule has 8 nitrogen and oxygen atoms in total. The molecule has 156 valence electrons. The second-order valence-corrected chi connectivity index (χ2v) is 6.89. The van der Waals surface area contributed by atoms with Gasteiger partial charge in [0.2, 0.25) is 5.91 Å². The number of piperidine rings is 1. The average Bonchev–Trinajstić information content (AvgIpc) is 3.08. The van der Waals surface area contributed by atoms with Gasteiger partial charge in [0, 0.05) is 20.0 Å². The normalized spacial score (nSPS) is 18.9. The van der Waals surface area contributed by atoms with Gasteiger partial charge in [0.05, 0.1) is 37.8 Å². The van der Waals surface area contributed by atoms with Gasteiger partial charge in [-0.3, -0.25) is 20.0 Å². The third kappa shape index (κ3) is 5.28. The quantitative estimate of drug-likeness (QED) is 0.558. The van der Waals surface area contributed by atoms with Crippen molar-refractivity contribution in [2.45, 2.75) is 25.9 Å². The van der Waals surface area contributed by atoms with Gasteiger partial charge in [0.1, 0.15) is 11.9 Å². The molecule has 0 aromatic heterocycles. The molecule has 2 fully saturated rings. The van der Waals surface area contributed by atoms with E-state index in [9.17, 15) is 14.0 Å². The van der Waals surface area contributed by atoms with Crippen LogP contribution in [0.25, 0.3) is 0 Å². The maximum Gasteiger partial charge on any atom is 0.414 e. The largest absolute Gasteiger partial charge is 0.442 e. The molecule has 0 aliphatic carbocycles. The highest BCUT2D eigenvalue weighted by Crippen LogP contribution is 2.30. The van der Waals surface area contributed by atoms with E-state index in [4.69, 9.17) is 9.57 Å². The first-order valence-electron chi connectivity index (χ1n) is 9.46. The minimum atomic E-state index is -0.545. The minimum Gasteiger partial charge on any atom is -0.442 e. The van der Waals surface area contributed by atoms with E-state index < -0.39 is 12.2 Å². The molecule has 1 atom stereocenters. The van der Waals surface area contributed by atoms with E-state index in [1.54, 1.807) is 18.3 Å². The molecule has 0 radical (unpaired) electrons. The van der Waals surface area contributed by atoms with Gasteiger partial charge < -0.3 is 15.0 Å². The van der Waals surface area contributed by atoms with Gasteiger partial charge >= 0.3 is 6.09 Å². The van der Waals surface area contributed by atoms with Crippen molar-refractivity contribution in [2.75, 3.05) is 43.1 Å². The fourth-order valence-corrected chi connectivity index (χ4v) is 3.37. The Labute approximate surface area is 168 Å². The molecule has 2 aliphatic rings. The van der Waals surface area contributed by atoms with Crippen LogP contribution in [-0.4, -0.2) is 51.4 Å². The Bertz CT molecular complexity index is 828. The molecule has 0 unspecified atom stereocenters. The Kier molecular flexibility index (Phi) is 6.74. The van der Waals surface area contributed by atoms with Gasteiger partial charge in [-0.2, -0.15) is 0 Å². The van der Waals surface area contributed by atoms with Gasteiger partial charge in [0.15, 0.2) is 0 Å². The number of rotatable bonds is 6. The van der Waals surface area contributed by atoms with E-state index >= 15 is 0 Å². The zero-order valence-corrected chi connectivity index (χ0v) is 16.5. The molecule has 2 aliphatic heterocycles. The fraction of sp³-hybridized carbons (Fsp3) is 0.450. The lowest BCUT2D eigenvalue weighted by molar-refractivity contribution is -0.119. The highest BCUT2D eigenvalue weighted by atomic mass is 19.1. The van der Waals surface area contributed by atoms with Crippen LogP contribution in [-0.2, 0) is 14.4 Å². The SMILES string of the molecule is CONC=C=C1CCN(c2ccc(N3C[C@H](CNC(C)=O)OC3=O)cc2F)CC1. The van der Waals surface area contributed by atoms with E-state index in [1.807, 2.05) is 4.90 Å². The van der Waals surface area contributed by atoms with Crippen LogP contribution < -0.4 is 20.6 Å². The van der Waals surface area contributed by atoms with Crippen molar-refractivity contribution in [2.24, 2.45) is 0 Å². The number of nitrogens with zero attached hydrogens (tertiary/aromatic N) is 2. The van der Waals surface area contributed by atoms with Crippen LogP contribution in [0.3, 0.4) is 0 Å². The molecule has 9 heteroatoms. The summed E-state index contributed by atoms with van der Waals surface area (Å²) in [6.07, 6.45) is 2.19. The van der Waals surface area contributed by atoms with Crippen LogP contribution in [0.5, 0.6) is 0 Å². The van der Waals surface area contributed by atoms with Crippen molar-refractivity contribution >= 4 is 23.4 Å². The third-order valence-corrected chi connectivity index (χ3v) is 4.86. The molecule has 2 saturated heterocycles. The molecule has 1 aromatic carbocycles. The predicted molar refractivity (Wildman–Crippen MR) is 106 cm³/mol.